The molecule has 1 atom stereocenters. The molecule has 0 bridgehead atoms. The van der Waals surface area contributed by atoms with Gasteiger partial charge in [-0.15, -0.1) is 0 Å². The van der Waals surface area contributed by atoms with Crippen LogP contribution in [0.3, 0.4) is 0 Å². The summed E-state index contributed by atoms with van der Waals surface area (Å²) in [5.41, 5.74) is 6.73. The van der Waals surface area contributed by atoms with E-state index in [1.54, 1.807) is 23.1 Å². The second-order valence-electron chi connectivity index (χ2n) is 6.09. The van der Waals surface area contributed by atoms with Crippen molar-refractivity contribution in [2.75, 3.05) is 5.32 Å². The third-order valence-corrected chi connectivity index (χ3v) is 3.20. The lowest BCUT2D eigenvalue weighted by Gasteiger charge is -2.25. The Morgan fingerprint density at radius 3 is 2.62 bits per heavy atom. The highest BCUT2D eigenvalue weighted by molar-refractivity contribution is 5.94. The topological polar surface area (TPSA) is 85.8 Å². The van der Waals surface area contributed by atoms with Gasteiger partial charge in [0.25, 0.3) is 0 Å². The quantitative estimate of drug-likeness (QED) is 0.895. The highest BCUT2D eigenvalue weighted by atomic mass is 16.2. The third kappa shape index (κ3) is 4.13. The minimum absolute atomic E-state index is 0.225. The number of aromatic nitrogens is 3. The van der Waals surface area contributed by atoms with Crippen LogP contribution in [0.5, 0.6) is 0 Å². The van der Waals surface area contributed by atoms with Crippen molar-refractivity contribution in [3.8, 4) is 0 Å². The van der Waals surface area contributed by atoms with E-state index in [9.17, 15) is 4.79 Å². The minimum Gasteiger partial charge on any atom is -0.319 e. The van der Waals surface area contributed by atoms with Crippen LogP contribution in [0.2, 0.25) is 0 Å². The Morgan fingerprint density at radius 2 is 2.00 bits per heavy atom. The molecule has 2 rings (SSSR count). The molecule has 21 heavy (non-hydrogen) atoms. The second-order valence-corrected chi connectivity index (χ2v) is 6.09. The van der Waals surface area contributed by atoms with E-state index in [0.717, 1.165) is 5.56 Å². The molecule has 0 unspecified atom stereocenters. The molecule has 1 amide bonds. The fourth-order valence-electron chi connectivity index (χ4n) is 1.79. The van der Waals surface area contributed by atoms with Gasteiger partial charge in [-0.1, -0.05) is 20.8 Å². The average molecular weight is 287 g/mol. The molecule has 112 valence electrons. The van der Waals surface area contributed by atoms with Gasteiger partial charge in [-0.05, 0) is 23.1 Å². The smallest absolute Gasteiger partial charge is 0.243 e. The van der Waals surface area contributed by atoms with Crippen molar-refractivity contribution in [2.45, 2.75) is 33.4 Å². The third-order valence-electron chi connectivity index (χ3n) is 3.20. The van der Waals surface area contributed by atoms with Crippen LogP contribution < -0.4 is 11.1 Å². The largest absolute Gasteiger partial charge is 0.319 e. The molecule has 0 spiro atoms. The predicted molar refractivity (Wildman–Crippen MR) is 81.6 cm³/mol. The number of pyridine rings is 1. The number of hydrogen-bond donors (Lipinski definition) is 2. The summed E-state index contributed by atoms with van der Waals surface area (Å²) in [7, 11) is 0. The predicted octanol–water partition coefficient (Wildman–Crippen LogP) is 1.64. The van der Waals surface area contributed by atoms with Crippen molar-refractivity contribution in [1.29, 1.82) is 0 Å². The van der Waals surface area contributed by atoms with Crippen molar-refractivity contribution in [2.24, 2.45) is 11.1 Å². The van der Waals surface area contributed by atoms with E-state index < -0.39 is 6.04 Å². The van der Waals surface area contributed by atoms with Crippen molar-refractivity contribution in [3.05, 3.63) is 42.4 Å². The number of anilines is 1. The number of nitrogens with one attached hydrogen (secondary N) is 1. The van der Waals surface area contributed by atoms with Crippen molar-refractivity contribution in [1.82, 2.24) is 14.8 Å². The van der Waals surface area contributed by atoms with Gasteiger partial charge >= 0.3 is 0 Å². The molecule has 0 aliphatic carbocycles. The number of nitrogens with two attached hydrogens (primary N) is 1. The van der Waals surface area contributed by atoms with Crippen LogP contribution in [0.4, 0.5) is 5.82 Å². The Morgan fingerprint density at radius 1 is 1.33 bits per heavy atom. The van der Waals surface area contributed by atoms with E-state index in [1.807, 2.05) is 39.1 Å². The molecule has 2 aromatic heterocycles. The molecular weight excluding hydrogens is 266 g/mol. The van der Waals surface area contributed by atoms with Crippen LogP contribution in [0.1, 0.15) is 26.3 Å². The first-order valence-corrected chi connectivity index (χ1v) is 6.85. The average Bonchev–Trinajstić information content (AvgIpc) is 2.85. The normalized spacial score (nSPS) is 13.0. The Labute approximate surface area is 124 Å². The fraction of sp³-hybridized carbons (Fsp3) is 0.400. The highest BCUT2D eigenvalue weighted by Crippen LogP contribution is 2.18. The SMILES string of the molecule is CC(C)(C)[C@H](N)C(=O)Nc1ccn(Cc2ccncc2)n1. The van der Waals surface area contributed by atoms with Gasteiger partial charge in [0.2, 0.25) is 5.91 Å². The Bertz CT molecular complexity index is 600. The molecule has 0 saturated carbocycles. The Hall–Kier alpha value is -2.21. The summed E-state index contributed by atoms with van der Waals surface area (Å²) in [6.45, 7) is 6.42. The number of nitrogens with zero attached hydrogens (tertiary/aromatic N) is 3. The number of carbonyl (C=O) groups is 1. The standard InChI is InChI=1S/C15H21N5O/c1-15(2,3)13(16)14(21)18-12-6-9-20(19-12)10-11-4-7-17-8-5-11/h4-9,13H,10,16H2,1-3H3,(H,18,19,21)/t13-/m1/s1. The zero-order valence-corrected chi connectivity index (χ0v) is 12.6. The monoisotopic (exact) mass is 287 g/mol. The van der Waals surface area contributed by atoms with Gasteiger partial charge in [-0.25, -0.2) is 0 Å². The number of carbonyl (C=O) groups excluding carboxylic acids is 1. The van der Waals surface area contributed by atoms with Crippen molar-refractivity contribution >= 4 is 11.7 Å². The van der Waals surface area contributed by atoms with Gasteiger partial charge in [0.1, 0.15) is 0 Å². The van der Waals surface area contributed by atoms with Crippen LogP contribution >= 0.6 is 0 Å². The maximum Gasteiger partial charge on any atom is 0.243 e. The lowest BCUT2D eigenvalue weighted by Crippen LogP contribution is -2.45. The molecule has 0 aliphatic heterocycles. The molecular formula is C15H21N5O. The lowest BCUT2D eigenvalue weighted by molar-refractivity contribution is -0.119. The van der Waals surface area contributed by atoms with Gasteiger partial charge in [0.15, 0.2) is 5.82 Å². The number of rotatable bonds is 4. The molecule has 0 radical (unpaired) electrons. The maximum absolute atomic E-state index is 12.0. The zero-order valence-electron chi connectivity index (χ0n) is 12.6. The molecule has 6 heteroatoms. The molecule has 2 aromatic rings. The van der Waals surface area contributed by atoms with Crippen LogP contribution in [-0.4, -0.2) is 26.7 Å². The van der Waals surface area contributed by atoms with Crippen LogP contribution in [0, 0.1) is 5.41 Å². The van der Waals surface area contributed by atoms with Gasteiger partial charge in [-0.2, -0.15) is 5.10 Å². The van der Waals surface area contributed by atoms with Gasteiger partial charge in [-0.3, -0.25) is 14.5 Å². The van der Waals surface area contributed by atoms with E-state index in [-0.39, 0.29) is 11.3 Å². The molecule has 0 fully saturated rings. The molecule has 0 aliphatic rings. The van der Waals surface area contributed by atoms with Crippen molar-refractivity contribution in [3.63, 3.8) is 0 Å². The van der Waals surface area contributed by atoms with Gasteiger partial charge in [0, 0.05) is 24.7 Å². The van der Waals surface area contributed by atoms with Crippen LogP contribution in [0.25, 0.3) is 0 Å². The molecule has 0 saturated heterocycles. The molecule has 2 heterocycles. The summed E-state index contributed by atoms with van der Waals surface area (Å²) >= 11 is 0. The lowest BCUT2D eigenvalue weighted by atomic mass is 9.87. The first-order valence-electron chi connectivity index (χ1n) is 6.85. The first kappa shape index (κ1) is 15.2. The van der Waals surface area contributed by atoms with Crippen molar-refractivity contribution < 1.29 is 4.79 Å². The fourth-order valence-corrected chi connectivity index (χ4v) is 1.79. The highest BCUT2D eigenvalue weighted by Gasteiger charge is 2.27. The summed E-state index contributed by atoms with van der Waals surface area (Å²) < 4.78 is 1.76. The summed E-state index contributed by atoms with van der Waals surface area (Å²) in [6, 6.07) is 5.03. The zero-order chi connectivity index (χ0) is 15.5. The van der Waals surface area contributed by atoms with Gasteiger partial charge in [0.05, 0.1) is 12.6 Å². The molecule has 3 N–H and O–H groups in total. The van der Waals surface area contributed by atoms with E-state index in [2.05, 4.69) is 15.4 Å². The summed E-state index contributed by atoms with van der Waals surface area (Å²) in [5, 5.41) is 7.06. The summed E-state index contributed by atoms with van der Waals surface area (Å²) in [6.07, 6.45) is 5.30. The van der Waals surface area contributed by atoms with E-state index in [0.29, 0.717) is 12.4 Å². The number of hydrogen-bond acceptors (Lipinski definition) is 4. The first-order chi connectivity index (χ1) is 9.86. The maximum atomic E-state index is 12.0. The van der Waals surface area contributed by atoms with Crippen LogP contribution in [-0.2, 0) is 11.3 Å². The van der Waals surface area contributed by atoms with E-state index >= 15 is 0 Å². The Kier molecular flexibility index (Phi) is 4.37. The minimum atomic E-state index is -0.581. The van der Waals surface area contributed by atoms with E-state index in [4.69, 9.17) is 5.73 Å². The molecule has 0 aromatic carbocycles. The summed E-state index contributed by atoms with van der Waals surface area (Å²) in [5.74, 6) is 0.283. The molecule has 6 nitrogen and oxygen atoms in total. The van der Waals surface area contributed by atoms with Crippen LogP contribution in [0.15, 0.2) is 36.8 Å². The van der Waals surface area contributed by atoms with E-state index in [1.165, 1.54) is 0 Å². The summed E-state index contributed by atoms with van der Waals surface area (Å²) in [4.78, 5) is 16.0. The van der Waals surface area contributed by atoms with Gasteiger partial charge < -0.3 is 11.1 Å². The second kappa shape index (κ2) is 6.05. The number of amides is 1. The Balaban J connectivity index is 1.99.